The number of nitrogens with zero attached hydrogens (tertiary/aromatic N) is 2. The first-order valence-corrected chi connectivity index (χ1v) is 7.46. The number of carbonyl (C=O) groups is 2. The number of aromatic nitrogens is 1. The van der Waals surface area contributed by atoms with E-state index < -0.39 is 0 Å². The maximum Gasteiger partial charge on any atom is 0.230 e. The molecular weight excluding hydrogens is 268 g/mol. The highest BCUT2D eigenvalue weighted by Crippen LogP contribution is 2.19. The van der Waals surface area contributed by atoms with Gasteiger partial charge in [-0.3, -0.25) is 14.9 Å². The van der Waals surface area contributed by atoms with Crippen LogP contribution in [0.1, 0.15) is 18.4 Å². The second-order valence-electron chi connectivity index (χ2n) is 5.61. The van der Waals surface area contributed by atoms with E-state index in [1.165, 1.54) is 0 Å². The number of anilines is 1. The molecule has 2 amide bonds. The third kappa shape index (κ3) is 3.39. The molecular formula is C15H20N4O2. The lowest BCUT2D eigenvalue weighted by atomic mass is 9.92. The molecule has 2 aliphatic rings. The predicted molar refractivity (Wildman–Crippen MR) is 78.9 cm³/mol. The summed E-state index contributed by atoms with van der Waals surface area (Å²) in [6.07, 6.45) is 3.56. The molecule has 2 fully saturated rings. The zero-order chi connectivity index (χ0) is 14.7. The van der Waals surface area contributed by atoms with E-state index in [1.807, 2.05) is 18.3 Å². The highest BCUT2D eigenvalue weighted by Gasteiger charge is 2.26. The van der Waals surface area contributed by atoms with Gasteiger partial charge in [-0.1, -0.05) is 6.07 Å². The smallest absolute Gasteiger partial charge is 0.230 e. The normalized spacial score (nSPS) is 23.0. The fourth-order valence-corrected chi connectivity index (χ4v) is 2.84. The Kier molecular flexibility index (Phi) is 4.15. The zero-order valence-corrected chi connectivity index (χ0v) is 12.0. The number of amides is 2. The Morgan fingerprint density at radius 1 is 1.24 bits per heavy atom. The topological polar surface area (TPSA) is 74.3 Å². The maximum atomic E-state index is 11.8. The number of carbonyl (C=O) groups excluding carboxylic acids is 2. The fourth-order valence-electron chi connectivity index (χ4n) is 2.84. The van der Waals surface area contributed by atoms with Crippen LogP contribution in [0.5, 0.6) is 0 Å². The van der Waals surface area contributed by atoms with E-state index in [0.29, 0.717) is 19.3 Å². The highest BCUT2D eigenvalue weighted by molar-refractivity contribution is 5.98. The van der Waals surface area contributed by atoms with E-state index in [4.69, 9.17) is 0 Å². The van der Waals surface area contributed by atoms with Crippen LogP contribution in [0.25, 0.3) is 0 Å². The van der Waals surface area contributed by atoms with Crippen molar-refractivity contribution in [2.45, 2.75) is 19.3 Å². The summed E-state index contributed by atoms with van der Waals surface area (Å²) in [5.74, 6) is 0.555. The number of imide groups is 1. The predicted octanol–water partition coefficient (Wildman–Crippen LogP) is 0.0865. The van der Waals surface area contributed by atoms with Crippen molar-refractivity contribution in [1.29, 1.82) is 0 Å². The molecule has 6 nitrogen and oxygen atoms in total. The molecule has 6 heteroatoms. The van der Waals surface area contributed by atoms with Crippen molar-refractivity contribution in [3.05, 3.63) is 23.9 Å². The van der Waals surface area contributed by atoms with Crippen LogP contribution in [0.3, 0.4) is 0 Å². The van der Waals surface area contributed by atoms with Gasteiger partial charge in [0.15, 0.2) is 0 Å². The molecule has 0 saturated carbocycles. The molecule has 0 spiro atoms. The summed E-state index contributed by atoms with van der Waals surface area (Å²) in [7, 11) is 0. The number of hydrogen-bond acceptors (Lipinski definition) is 5. The largest absolute Gasteiger partial charge is 0.354 e. The Bertz CT molecular complexity index is 523. The number of piperidine rings is 1. The van der Waals surface area contributed by atoms with E-state index in [1.54, 1.807) is 0 Å². The van der Waals surface area contributed by atoms with Crippen LogP contribution < -0.4 is 15.5 Å². The van der Waals surface area contributed by atoms with E-state index in [0.717, 1.165) is 37.6 Å². The van der Waals surface area contributed by atoms with E-state index >= 15 is 0 Å². The molecule has 1 atom stereocenters. The van der Waals surface area contributed by atoms with Gasteiger partial charge in [-0.05, 0) is 24.5 Å². The fraction of sp³-hybridized carbons (Fsp3) is 0.533. The molecule has 0 aliphatic carbocycles. The number of rotatable bonds is 3. The first-order valence-electron chi connectivity index (χ1n) is 7.46. The van der Waals surface area contributed by atoms with Gasteiger partial charge in [0, 0.05) is 44.7 Å². The van der Waals surface area contributed by atoms with Crippen molar-refractivity contribution in [1.82, 2.24) is 15.6 Å². The second-order valence-corrected chi connectivity index (χ2v) is 5.61. The number of piperazine rings is 1. The van der Waals surface area contributed by atoms with Crippen LogP contribution in [0.2, 0.25) is 0 Å². The van der Waals surface area contributed by atoms with Crippen LogP contribution in [0.15, 0.2) is 18.3 Å². The summed E-state index contributed by atoms with van der Waals surface area (Å²) in [5, 5.41) is 5.72. The summed E-state index contributed by atoms with van der Waals surface area (Å²) in [6.45, 7) is 3.92. The van der Waals surface area contributed by atoms with Gasteiger partial charge in [0.05, 0.1) is 0 Å². The highest BCUT2D eigenvalue weighted by atomic mass is 16.2. The molecule has 2 aliphatic heterocycles. The minimum Gasteiger partial charge on any atom is -0.354 e. The van der Waals surface area contributed by atoms with E-state index in [2.05, 4.69) is 20.5 Å². The lowest BCUT2D eigenvalue weighted by Crippen LogP contribution is -2.43. The van der Waals surface area contributed by atoms with E-state index in [9.17, 15) is 9.59 Å². The number of hydrogen-bond donors (Lipinski definition) is 2. The molecule has 3 rings (SSSR count). The molecule has 0 radical (unpaired) electrons. The Morgan fingerprint density at radius 3 is 2.71 bits per heavy atom. The molecule has 0 bridgehead atoms. The van der Waals surface area contributed by atoms with Gasteiger partial charge in [-0.25, -0.2) is 4.98 Å². The Morgan fingerprint density at radius 2 is 2.05 bits per heavy atom. The van der Waals surface area contributed by atoms with Crippen molar-refractivity contribution in [2.75, 3.05) is 31.1 Å². The van der Waals surface area contributed by atoms with Crippen molar-refractivity contribution in [3.8, 4) is 0 Å². The maximum absolute atomic E-state index is 11.8. The van der Waals surface area contributed by atoms with Crippen molar-refractivity contribution in [2.24, 2.45) is 5.92 Å². The summed E-state index contributed by atoms with van der Waals surface area (Å²) >= 11 is 0. The molecule has 0 aromatic carbocycles. The average Bonchev–Trinajstić information content (AvgIpc) is 2.52. The van der Waals surface area contributed by atoms with Crippen LogP contribution in [0, 0.1) is 5.92 Å². The van der Waals surface area contributed by atoms with Crippen molar-refractivity contribution < 1.29 is 9.59 Å². The first kappa shape index (κ1) is 14.0. The van der Waals surface area contributed by atoms with Gasteiger partial charge in [0.25, 0.3) is 0 Å². The summed E-state index contributed by atoms with van der Waals surface area (Å²) < 4.78 is 0. The quantitative estimate of drug-likeness (QED) is 0.771. The van der Waals surface area contributed by atoms with Crippen LogP contribution >= 0.6 is 0 Å². The number of pyridine rings is 1. The monoisotopic (exact) mass is 288 g/mol. The first-order chi connectivity index (χ1) is 10.2. The van der Waals surface area contributed by atoms with Crippen LogP contribution in [-0.2, 0) is 16.0 Å². The molecule has 1 unspecified atom stereocenters. The summed E-state index contributed by atoms with van der Waals surface area (Å²) in [5.41, 5.74) is 1.04. The lowest BCUT2D eigenvalue weighted by molar-refractivity contribution is -0.136. The summed E-state index contributed by atoms with van der Waals surface area (Å²) in [6, 6.07) is 4.06. The van der Waals surface area contributed by atoms with Crippen molar-refractivity contribution in [3.63, 3.8) is 0 Å². The minimum atomic E-state index is -0.163. The number of nitrogens with one attached hydrogen (secondary N) is 2. The van der Waals surface area contributed by atoms with Crippen LogP contribution in [0.4, 0.5) is 5.82 Å². The second kappa shape index (κ2) is 6.22. The molecule has 21 heavy (non-hydrogen) atoms. The minimum absolute atomic E-state index is 0.116. The zero-order valence-electron chi connectivity index (χ0n) is 12.0. The van der Waals surface area contributed by atoms with Gasteiger partial charge in [-0.2, -0.15) is 0 Å². The van der Waals surface area contributed by atoms with E-state index in [-0.39, 0.29) is 17.7 Å². The van der Waals surface area contributed by atoms with Gasteiger partial charge >= 0.3 is 0 Å². The van der Waals surface area contributed by atoms with Gasteiger partial charge in [0.2, 0.25) is 11.8 Å². The third-order valence-corrected chi connectivity index (χ3v) is 4.09. The molecule has 2 saturated heterocycles. The molecule has 1 aromatic rings. The van der Waals surface area contributed by atoms with Crippen LogP contribution in [-0.4, -0.2) is 43.0 Å². The average molecular weight is 288 g/mol. The third-order valence-electron chi connectivity index (χ3n) is 4.09. The van der Waals surface area contributed by atoms with Crippen molar-refractivity contribution >= 4 is 17.6 Å². The standard InChI is InChI=1S/C15H20N4O2/c20-14-4-2-12(15(21)18-14)9-11-1-3-13(17-10-11)19-7-5-16-6-8-19/h1,3,10,12,16H,2,4-9H2,(H,18,20,21). The Balaban J connectivity index is 1.61. The van der Waals surface area contributed by atoms with Gasteiger partial charge in [-0.15, -0.1) is 0 Å². The SMILES string of the molecule is O=C1CCC(Cc2ccc(N3CCNCC3)nc2)C(=O)N1. The Hall–Kier alpha value is -1.95. The lowest BCUT2D eigenvalue weighted by Gasteiger charge is -2.28. The Labute approximate surface area is 123 Å². The molecule has 1 aromatic heterocycles. The van der Waals surface area contributed by atoms with Gasteiger partial charge in [0.1, 0.15) is 5.82 Å². The molecule has 2 N–H and O–H groups in total. The summed E-state index contributed by atoms with van der Waals surface area (Å²) in [4.78, 5) is 29.7. The molecule has 112 valence electrons. The van der Waals surface area contributed by atoms with Gasteiger partial charge < -0.3 is 10.2 Å². The molecule has 3 heterocycles.